The Balaban J connectivity index is 1.59. The van der Waals surface area contributed by atoms with E-state index in [9.17, 15) is 4.79 Å². The van der Waals surface area contributed by atoms with Crippen molar-refractivity contribution in [1.82, 2.24) is 19.5 Å². The Labute approximate surface area is 160 Å². The number of aryl methyl sites for hydroxylation is 1. The van der Waals surface area contributed by atoms with Gasteiger partial charge in [-0.25, -0.2) is 4.68 Å². The van der Waals surface area contributed by atoms with Crippen molar-refractivity contribution in [2.75, 3.05) is 7.11 Å². The van der Waals surface area contributed by atoms with Gasteiger partial charge in [-0.05, 0) is 17.7 Å². The van der Waals surface area contributed by atoms with Crippen LogP contribution in [0.5, 0.6) is 12.0 Å². The minimum Gasteiger partial charge on any atom is -0.467 e. The summed E-state index contributed by atoms with van der Waals surface area (Å²) in [5.41, 5.74) is 2.42. The summed E-state index contributed by atoms with van der Waals surface area (Å²) in [6, 6.07) is 17.3. The topological polar surface area (TPSA) is 84.3 Å². The van der Waals surface area contributed by atoms with E-state index in [1.54, 1.807) is 11.0 Å². The monoisotopic (exact) mass is 378 g/mol. The Hall–Kier alpha value is -3.81. The highest BCUT2D eigenvalue weighted by Gasteiger charge is 2.21. The van der Waals surface area contributed by atoms with Gasteiger partial charge in [0.1, 0.15) is 18.5 Å². The number of methoxy groups -OCH3 is 1. The Morgan fingerprint density at radius 1 is 1.07 bits per heavy atom. The first kappa shape index (κ1) is 17.6. The van der Waals surface area contributed by atoms with Crippen LogP contribution < -0.4 is 15.0 Å². The van der Waals surface area contributed by atoms with Gasteiger partial charge in [-0.2, -0.15) is 9.72 Å². The van der Waals surface area contributed by atoms with E-state index in [4.69, 9.17) is 14.0 Å². The summed E-state index contributed by atoms with van der Waals surface area (Å²) < 4.78 is 19.1. The number of para-hydroxylation sites is 1. The molecule has 0 N–H and O–H groups in total. The highest BCUT2D eigenvalue weighted by Crippen LogP contribution is 2.30. The van der Waals surface area contributed by atoms with Crippen molar-refractivity contribution >= 4 is 0 Å². The SMILES string of the molecule is COc1on(C)c(=O)c1-c1ccccc1COc1ncn(-c2ccccc2)n1. The summed E-state index contributed by atoms with van der Waals surface area (Å²) in [5.74, 6) is 0.159. The van der Waals surface area contributed by atoms with E-state index in [0.717, 1.165) is 16.0 Å². The molecular formula is C20H18N4O4. The molecule has 142 valence electrons. The highest BCUT2D eigenvalue weighted by molar-refractivity contribution is 5.70. The Morgan fingerprint density at radius 2 is 1.82 bits per heavy atom. The summed E-state index contributed by atoms with van der Waals surface area (Å²) in [7, 11) is 2.99. The first-order valence-electron chi connectivity index (χ1n) is 8.60. The summed E-state index contributed by atoms with van der Waals surface area (Å²) in [6.07, 6.45) is 1.59. The van der Waals surface area contributed by atoms with Crippen LogP contribution in [0.25, 0.3) is 16.8 Å². The van der Waals surface area contributed by atoms with Crippen LogP contribution in [0.3, 0.4) is 0 Å². The molecule has 0 radical (unpaired) electrons. The van der Waals surface area contributed by atoms with Gasteiger partial charge in [0.15, 0.2) is 0 Å². The molecule has 0 saturated carbocycles. The van der Waals surface area contributed by atoms with Crippen LogP contribution in [0.2, 0.25) is 0 Å². The van der Waals surface area contributed by atoms with Crippen molar-refractivity contribution in [3.63, 3.8) is 0 Å². The van der Waals surface area contributed by atoms with Crippen LogP contribution in [0.1, 0.15) is 5.56 Å². The second kappa shape index (κ2) is 7.43. The first-order chi connectivity index (χ1) is 13.7. The third-order valence-electron chi connectivity index (χ3n) is 4.24. The van der Waals surface area contributed by atoms with Crippen LogP contribution in [-0.4, -0.2) is 26.6 Å². The number of benzene rings is 2. The van der Waals surface area contributed by atoms with Crippen LogP contribution in [0, 0.1) is 0 Å². The lowest BCUT2D eigenvalue weighted by Crippen LogP contribution is -2.12. The molecule has 0 aliphatic carbocycles. The third kappa shape index (κ3) is 3.27. The predicted molar refractivity (Wildman–Crippen MR) is 102 cm³/mol. The number of aromatic nitrogens is 4. The molecule has 0 aliphatic rings. The zero-order valence-corrected chi connectivity index (χ0v) is 15.4. The summed E-state index contributed by atoms with van der Waals surface area (Å²) >= 11 is 0. The zero-order chi connectivity index (χ0) is 19.5. The molecule has 0 fully saturated rings. The fourth-order valence-corrected chi connectivity index (χ4v) is 2.87. The fourth-order valence-electron chi connectivity index (χ4n) is 2.87. The van der Waals surface area contributed by atoms with E-state index in [-0.39, 0.29) is 24.1 Å². The highest BCUT2D eigenvalue weighted by atomic mass is 16.6. The van der Waals surface area contributed by atoms with E-state index in [0.29, 0.717) is 11.1 Å². The lowest BCUT2D eigenvalue weighted by Gasteiger charge is -2.08. The predicted octanol–water partition coefficient (Wildman–Crippen LogP) is 2.81. The fraction of sp³-hybridized carbons (Fsp3) is 0.150. The van der Waals surface area contributed by atoms with Crippen LogP contribution >= 0.6 is 0 Å². The van der Waals surface area contributed by atoms with Gasteiger partial charge < -0.3 is 14.0 Å². The van der Waals surface area contributed by atoms with Gasteiger partial charge in [0.2, 0.25) is 0 Å². The Bertz CT molecular complexity index is 1140. The molecule has 0 aliphatic heterocycles. The summed E-state index contributed by atoms with van der Waals surface area (Å²) in [5, 5.41) is 4.33. The third-order valence-corrected chi connectivity index (χ3v) is 4.24. The van der Waals surface area contributed by atoms with E-state index in [2.05, 4.69) is 10.1 Å². The average molecular weight is 378 g/mol. The van der Waals surface area contributed by atoms with Gasteiger partial charge in [0.05, 0.1) is 12.8 Å². The molecule has 8 nitrogen and oxygen atoms in total. The molecule has 2 aromatic carbocycles. The maximum Gasteiger partial charge on any atom is 0.336 e. The van der Waals surface area contributed by atoms with Gasteiger partial charge in [-0.15, -0.1) is 5.10 Å². The molecule has 0 amide bonds. The number of hydrogen-bond donors (Lipinski definition) is 0. The van der Waals surface area contributed by atoms with Crippen LogP contribution in [0.15, 0.2) is 70.2 Å². The lowest BCUT2D eigenvalue weighted by molar-refractivity contribution is 0.208. The van der Waals surface area contributed by atoms with Gasteiger partial charge in [0, 0.05) is 12.6 Å². The normalized spacial score (nSPS) is 10.8. The number of ether oxygens (including phenoxy) is 2. The maximum atomic E-state index is 12.5. The minimum absolute atomic E-state index is 0.159. The van der Waals surface area contributed by atoms with Crippen molar-refractivity contribution in [3.8, 4) is 28.8 Å². The lowest BCUT2D eigenvalue weighted by atomic mass is 10.0. The molecule has 2 aromatic heterocycles. The van der Waals surface area contributed by atoms with Crippen LogP contribution in [-0.2, 0) is 13.7 Å². The Morgan fingerprint density at radius 3 is 2.61 bits per heavy atom. The standard InChI is InChI=1S/C20H18N4O4/c1-23-18(25)17(19(26-2)28-23)16-11-7-6-8-14(16)12-27-20-21-13-24(22-20)15-9-4-3-5-10-15/h3-11,13H,12H2,1-2H3. The first-order valence-corrected chi connectivity index (χ1v) is 8.60. The van der Waals surface area contributed by atoms with Crippen LogP contribution in [0.4, 0.5) is 0 Å². The molecule has 0 saturated heterocycles. The van der Waals surface area contributed by atoms with E-state index >= 15 is 0 Å². The molecule has 2 heterocycles. The van der Waals surface area contributed by atoms with Crippen molar-refractivity contribution in [1.29, 1.82) is 0 Å². The van der Waals surface area contributed by atoms with Crippen molar-refractivity contribution < 1.29 is 14.0 Å². The molecule has 8 heteroatoms. The second-order valence-electron chi connectivity index (χ2n) is 6.01. The van der Waals surface area contributed by atoms with E-state index < -0.39 is 0 Å². The molecule has 28 heavy (non-hydrogen) atoms. The smallest absolute Gasteiger partial charge is 0.336 e. The molecule has 4 aromatic rings. The second-order valence-corrected chi connectivity index (χ2v) is 6.01. The summed E-state index contributed by atoms with van der Waals surface area (Å²) in [4.78, 5) is 16.6. The molecule has 0 atom stereocenters. The quantitative estimate of drug-likeness (QED) is 0.513. The number of nitrogens with zero attached hydrogens (tertiary/aromatic N) is 4. The largest absolute Gasteiger partial charge is 0.467 e. The molecular weight excluding hydrogens is 360 g/mol. The average Bonchev–Trinajstić information content (AvgIpc) is 3.32. The molecule has 0 spiro atoms. The molecule has 4 rings (SSSR count). The minimum atomic E-state index is -0.282. The van der Waals surface area contributed by atoms with Crippen molar-refractivity contribution in [2.45, 2.75) is 6.61 Å². The summed E-state index contributed by atoms with van der Waals surface area (Å²) in [6.45, 7) is 0.187. The number of hydrogen-bond acceptors (Lipinski definition) is 6. The zero-order valence-electron chi connectivity index (χ0n) is 15.4. The van der Waals surface area contributed by atoms with E-state index in [1.165, 1.54) is 14.2 Å². The van der Waals surface area contributed by atoms with Gasteiger partial charge in [0.25, 0.3) is 5.56 Å². The van der Waals surface area contributed by atoms with Gasteiger partial charge in [-0.1, -0.05) is 42.5 Å². The maximum absolute atomic E-state index is 12.5. The van der Waals surface area contributed by atoms with Gasteiger partial charge in [-0.3, -0.25) is 4.79 Å². The van der Waals surface area contributed by atoms with E-state index in [1.807, 2.05) is 54.6 Å². The number of rotatable bonds is 6. The Kier molecular flexibility index (Phi) is 4.67. The molecule has 0 bridgehead atoms. The van der Waals surface area contributed by atoms with Crippen molar-refractivity contribution in [3.05, 3.63) is 76.8 Å². The molecule has 0 unspecified atom stereocenters. The van der Waals surface area contributed by atoms with Gasteiger partial charge >= 0.3 is 12.0 Å². The van der Waals surface area contributed by atoms with Crippen molar-refractivity contribution in [2.24, 2.45) is 7.05 Å².